The maximum absolute atomic E-state index is 14.0. The van der Waals surface area contributed by atoms with Crippen LogP contribution in [-0.4, -0.2) is 55.5 Å². The van der Waals surface area contributed by atoms with Gasteiger partial charge in [-0.3, -0.25) is 9.59 Å². The van der Waals surface area contributed by atoms with Gasteiger partial charge < -0.3 is 20.7 Å². The summed E-state index contributed by atoms with van der Waals surface area (Å²) in [5, 5.41) is 8.56. The molecule has 7 nitrogen and oxygen atoms in total. The van der Waals surface area contributed by atoms with Crippen molar-refractivity contribution in [3.8, 4) is 5.75 Å². The van der Waals surface area contributed by atoms with Crippen LogP contribution < -0.4 is 20.7 Å². The average Bonchev–Trinajstić information content (AvgIpc) is 3.53. The second kappa shape index (κ2) is 10.7. The Morgan fingerprint density at radius 2 is 2.03 bits per heavy atom. The number of pyridine rings is 1. The first-order chi connectivity index (χ1) is 16.7. The quantitative estimate of drug-likeness (QED) is 0.506. The van der Waals surface area contributed by atoms with Crippen LogP contribution in [0.3, 0.4) is 0 Å². The largest absolute Gasteiger partial charge is 0.494 e. The van der Waals surface area contributed by atoms with Crippen LogP contribution in [0, 0.1) is 11.8 Å². The highest BCUT2D eigenvalue weighted by Crippen LogP contribution is 2.33. The summed E-state index contributed by atoms with van der Waals surface area (Å²) in [7, 11) is 1.52. The second-order valence-electron chi connectivity index (χ2n) is 9.48. The lowest BCUT2D eigenvalue weighted by atomic mass is 9.92. The number of piperidine rings is 1. The number of alkyl halides is 2. The Labute approximate surface area is 204 Å². The topological polar surface area (TPSA) is 92.4 Å². The summed E-state index contributed by atoms with van der Waals surface area (Å²) in [6.07, 6.45) is 1.45. The molecule has 35 heavy (non-hydrogen) atoms. The molecule has 2 fully saturated rings. The number of halogens is 2. The SMILES string of the molecule is CNC(=O)c1cc(C(=O)N[C@H]2C[C@@H]2C)cc(Cc2cccc(OCCC3CNCCC3(F)F)c2)n1. The zero-order chi connectivity index (χ0) is 25.0. The van der Waals surface area contributed by atoms with E-state index >= 15 is 0 Å². The van der Waals surface area contributed by atoms with E-state index in [1.807, 2.05) is 18.2 Å². The van der Waals surface area contributed by atoms with Gasteiger partial charge in [0.25, 0.3) is 17.7 Å². The van der Waals surface area contributed by atoms with Crippen molar-refractivity contribution >= 4 is 11.8 Å². The summed E-state index contributed by atoms with van der Waals surface area (Å²) in [5.74, 6) is -2.95. The van der Waals surface area contributed by atoms with Crippen LogP contribution in [0.5, 0.6) is 5.75 Å². The van der Waals surface area contributed by atoms with E-state index in [1.165, 1.54) is 13.1 Å². The minimum absolute atomic E-state index is 0.144. The molecule has 1 aromatic heterocycles. The minimum Gasteiger partial charge on any atom is -0.494 e. The molecule has 0 radical (unpaired) electrons. The first-order valence-corrected chi connectivity index (χ1v) is 12.1. The standard InChI is InChI=1S/C26H32F2N4O3/c1-16-10-22(16)32-24(33)18-13-20(31-23(14-18)25(34)29-2)11-17-4-3-5-21(12-17)35-9-6-19-15-30-8-7-26(19,27)28/h3-5,12-14,16,19,22,30H,6-11,15H2,1-2H3,(H,29,34)(H,32,33)/t16-,19?,22-/m0/s1. The summed E-state index contributed by atoms with van der Waals surface area (Å²) in [5.41, 5.74) is 2.01. The highest BCUT2D eigenvalue weighted by molar-refractivity contribution is 5.98. The summed E-state index contributed by atoms with van der Waals surface area (Å²) >= 11 is 0. The normalized spacial score (nSPS) is 22.8. The van der Waals surface area contributed by atoms with Crippen molar-refractivity contribution in [3.05, 3.63) is 58.9 Å². The Morgan fingerprint density at radius 3 is 2.74 bits per heavy atom. The third-order valence-corrected chi connectivity index (χ3v) is 6.67. The fourth-order valence-electron chi connectivity index (χ4n) is 4.30. The molecular weight excluding hydrogens is 454 g/mol. The molecule has 3 atom stereocenters. The van der Waals surface area contributed by atoms with Gasteiger partial charge >= 0.3 is 0 Å². The Balaban J connectivity index is 1.43. The van der Waals surface area contributed by atoms with Gasteiger partial charge in [-0.1, -0.05) is 19.1 Å². The summed E-state index contributed by atoms with van der Waals surface area (Å²) in [6.45, 7) is 2.90. The molecule has 1 aliphatic heterocycles. The highest BCUT2D eigenvalue weighted by atomic mass is 19.3. The van der Waals surface area contributed by atoms with Crippen molar-refractivity contribution in [1.29, 1.82) is 0 Å². The number of hydrogen-bond donors (Lipinski definition) is 3. The number of nitrogens with one attached hydrogen (secondary N) is 3. The Bertz CT molecular complexity index is 1080. The van der Waals surface area contributed by atoms with E-state index in [4.69, 9.17) is 4.74 Å². The van der Waals surface area contributed by atoms with Crippen molar-refractivity contribution < 1.29 is 23.1 Å². The third-order valence-electron chi connectivity index (χ3n) is 6.67. The number of amides is 2. The Kier molecular flexibility index (Phi) is 7.64. The Hall–Kier alpha value is -3.07. The van der Waals surface area contributed by atoms with E-state index in [-0.39, 0.29) is 43.0 Å². The van der Waals surface area contributed by atoms with Gasteiger partial charge in [0.15, 0.2) is 0 Å². The lowest BCUT2D eigenvalue weighted by molar-refractivity contribution is -0.0835. The molecule has 4 rings (SSSR count). The fourth-order valence-corrected chi connectivity index (χ4v) is 4.30. The van der Waals surface area contributed by atoms with E-state index in [1.54, 1.807) is 12.1 Å². The molecule has 1 unspecified atom stereocenters. The molecule has 1 aromatic carbocycles. The number of carbonyl (C=O) groups excluding carboxylic acids is 2. The van der Waals surface area contributed by atoms with Crippen molar-refractivity contribution in [1.82, 2.24) is 20.9 Å². The molecule has 2 aliphatic rings. The fraction of sp³-hybridized carbons (Fsp3) is 0.500. The van der Waals surface area contributed by atoms with Gasteiger partial charge in [-0.05, 0) is 48.6 Å². The predicted octanol–water partition coefficient (Wildman–Crippen LogP) is 3.18. The average molecular weight is 487 g/mol. The number of nitrogens with zero attached hydrogens (tertiary/aromatic N) is 1. The zero-order valence-electron chi connectivity index (χ0n) is 20.1. The zero-order valence-corrected chi connectivity index (χ0v) is 20.1. The van der Waals surface area contributed by atoms with Gasteiger partial charge in [0, 0.05) is 56.2 Å². The molecule has 1 aliphatic carbocycles. The molecule has 2 aromatic rings. The van der Waals surface area contributed by atoms with Crippen LogP contribution >= 0.6 is 0 Å². The number of benzene rings is 1. The smallest absolute Gasteiger partial charge is 0.269 e. The van der Waals surface area contributed by atoms with E-state index in [0.717, 1.165) is 12.0 Å². The van der Waals surface area contributed by atoms with Crippen molar-refractivity contribution in [2.75, 3.05) is 26.7 Å². The first-order valence-electron chi connectivity index (χ1n) is 12.1. The highest BCUT2D eigenvalue weighted by Gasteiger charge is 2.41. The molecule has 1 saturated heterocycles. The van der Waals surface area contributed by atoms with Crippen LogP contribution in [0.15, 0.2) is 36.4 Å². The van der Waals surface area contributed by atoms with Gasteiger partial charge in [0.2, 0.25) is 0 Å². The molecule has 3 N–H and O–H groups in total. The Morgan fingerprint density at radius 1 is 1.23 bits per heavy atom. The van der Waals surface area contributed by atoms with Crippen molar-refractivity contribution in [3.63, 3.8) is 0 Å². The molecule has 0 bridgehead atoms. The third kappa shape index (κ3) is 6.54. The molecule has 2 amide bonds. The van der Waals surface area contributed by atoms with E-state index in [0.29, 0.717) is 42.4 Å². The van der Waals surface area contributed by atoms with Crippen LogP contribution in [-0.2, 0) is 6.42 Å². The molecule has 0 spiro atoms. The number of hydrogen-bond acceptors (Lipinski definition) is 5. The molecule has 9 heteroatoms. The van der Waals surface area contributed by atoms with Crippen LogP contribution in [0.25, 0.3) is 0 Å². The number of ether oxygens (including phenoxy) is 1. The van der Waals surface area contributed by atoms with Crippen molar-refractivity contribution in [2.45, 2.75) is 44.6 Å². The first kappa shape index (κ1) is 25.0. The van der Waals surface area contributed by atoms with Crippen LogP contribution in [0.4, 0.5) is 8.78 Å². The maximum Gasteiger partial charge on any atom is 0.269 e. The van der Waals surface area contributed by atoms with Gasteiger partial charge in [0.1, 0.15) is 11.4 Å². The van der Waals surface area contributed by atoms with E-state index in [9.17, 15) is 18.4 Å². The number of rotatable bonds is 9. The van der Waals surface area contributed by atoms with Gasteiger partial charge in [-0.25, -0.2) is 13.8 Å². The van der Waals surface area contributed by atoms with Gasteiger partial charge in [-0.15, -0.1) is 0 Å². The summed E-state index contributed by atoms with van der Waals surface area (Å²) < 4.78 is 33.8. The lowest BCUT2D eigenvalue weighted by Gasteiger charge is -2.31. The van der Waals surface area contributed by atoms with Crippen LogP contribution in [0.1, 0.15) is 58.3 Å². The van der Waals surface area contributed by atoms with Crippen LogP contribution in [0.2, 0.25) is 0 Å². The number of aromatic nitrogens is 1. The molecule has 2 heterocycles. The lowest BCUT2D eigenvalue weighted by Crippen LogP contribution is -2.45. The molecule has 188 valence electrons. The van der Waals surface area contributed by atoms with Crippen molar-refractivity contribution in [2.24, 2.45) is 11.8 Å². The molecular formula is C26H32F2N4O3. The summed E-state index contributed by atoms with van der Waals surface area (Å²) in [6, 6.07) is 10.7. The summed E-state index contributed by atoms with van der Waals surface area (Å²) in [4.78, 5) is 29.4. The maximum atomic E-state index is 14.0. The van der Waals surface area contributed by atoms with E-state index in [2.05, 4.69) is 27.9 Å². The minimum atomic E-state index is -2.67. The van der Waals surface area contributed by atoms with E-state index < -0.39 is 11.8 Å². The monoisotopic (exact) mass is 486 g/mol. The second-order valence-corrected chi connectivity index (χ2v) is 9.48. The van der Waals surface area contributed by atoms with Gasteiger partial charge in [0.05, 0.1) is 6.61 Å². The number of carbonyl (C=O) groups is 2. The van der Waals surface area contributed by atoms with Gasteiger partial charge in [-0.2, -0.15) is 0 Å². The predicted molar refractivity (Wildman–Crippen MR) is 128 cm³/mol. The molecule has 1 saturated carbocycles.